The molecule has 0 bridgehead atoms. The summed E-state index contributed by atoms with van der Waals surface area (Å²) in [6.07, 6.45) is -0.900. The molecule has 1 N–H and O–H groups in total. The second kappa shape index (κ2) is 6.21. The smallest absolute Gasteiger partial charge is 0.407 e. The molecular formula is C13H22FNO4. The van der Waals surface area contributed by atoms with Crippen LogP contribution in [-0.2, 0) is 14.3 Å². The molecule has 0 aromatic carbocycles. The van der Waals surface area contributed by atoms with Gasteiger partial charge in [-0.2, -0.15) is 0 Å². The van der Waals surface area contributed by atoms with Crippen LogP contribution in [0.5, 0.6) is 0 Å². The van der Waals surface area contributed by atoms with Crippen molar-refractivity contribution in [1.29, 1.82) is 0 Å². The second-order valence-electron chi connectivity index (χ2n) is 5.80. The molecule has 0 aromatic heterocycles. The van der Waals surface area contributed by atoms with E-state index in [1.807, 2.05) is 0 Å². The molecule has 110 valence electrons. The maximum Gasteiger partial charge on any atom is 0.407 e. The number of alkyl halides is 1. The molecule has 6 heteroatoms. The Kier molecular flexibility index (Phi) is 5.14. The van der Waals surface area contributed by atoms with Crippen LogP contribution < -0.4 is 5.32 Å². The zero-order valence-corrected chi connectivity index (χ0v) is 11.9. The summed E-state index contributed by atoms with van der Waals surface area (Å²) in [5.41, 5.74) is -0.612. The lowest BCUT2D eigenvalue weighted by Crippen LogP contribution is -2.47. The van der Waals surface area contributed by atoms with Crippen molar-refractivity contribution in [2.45, 2.75) is 57.8 Å². The van der Waals surface area contributed by atoms with E-state index in [0.29, 0.717) is 12.8 Å². The number of carbonyl (C=O) groups excluding carboxylic acids is 2. The maximum absolute atomic E-state index is 13.9. The van der Waals surface area contributed by atoms with Crippen molar-refractivity contribution < 1.29 is 23.5 Å². The molecule has 1 saturated carbocycles. The van der Waals surface area contributed by atoms with E-state index in [1.54, 1.807) is 20.8 Å². The van der Waals surface area contributed by atoms with Crippen molar-refractivity contribution in [2.24, 2.45) is 5.92 Å². The second-order valence-corrected chi connectivity index (χ2v) is 5.80. The lowest BCUT2D eigenvalue weighted by molar-refractivity contribution is -0.147. The molecule has 1 amide bonds. The fourth-order valence-electron chi connectivity index (χ4n) is 2.12. The quantitative estimate of drug-likeness (QED) is 0.785. The van der Waals surface area contributed by atoms with Crippen molar-refractivity contribution in [3.63, 3.8) is 0 Å². The summed E-state index contributed by atoms with van der Waals surface area (Å²) >= 11 is 0. The van der Waals surface area contributed by atoms with E-state index in [9.17, 15) is 14.0 Å². The van der Waals surface area contributed by atoms with E-state index in [0.717, 1.165) is 0 Å². The Morgan fingerprint density at radius 3 is 2.37 bits per heavy atom. The Balaban J connectivity index is 2.46. The van der Waals surface area contributed by atoms with Crippen LogP contribution in [0.1, 0.15) is 40.0 Å². The first-order valence-electron chi connectivity index (χ1n) is 6.44. The number of esters is 1. The molecule has 0 saturated heterocycles. The lowest BCUT2D eigenvalue weighted by atomic mass is 9.85. The summed E-state index contributed by atoms with van der Waals surface area (Å²) in [5.74, 6) is -0.810. The number of methoxy groups -OCH3 is 1. The molecule has 1 aliphatic rings. The average molecular weight is 275 g/mol. The molecule has 0 aliphatic heterocycles. The topological polar surface area (TPSA) is 64.6 Å². The van der Waals surface area contributed by atoms with E-state index < -0.39 is 35.8 Å². The number of alkyl carbamates (subject to hydrolysis) is 1. The van der Waals surface area contributed by atoms with Crippen LogP contribution in [-0.4, -0.2) is 37.0 Å². The van der Waals surface area contributed by atoms with Gasteiger partial charge in [0, 0.05) is 0 Å². The van der Waals surface area contributed by atoms with Gasteiger partial charge in [0.2, 0.25) is 0 Å². The van der Waals surface area contributed by atoms with E-state index >= 15 is 0 Å². The Morgan fingerprint density at radius 2 is 1.89 bits per heavy atom. The van der Waals surface area contributed by atoms with Gasteiger partial charge in [-0.25, -0.2) is 9.18 Å². The van der Waals surface area contributed by atoms with Crippen molar-refractivity contribution in [1.82, 2.24) is 5.32 Å². The van der Waals surface area contributed by atoms with Gasteiger partial charge in [-0.05, 0) is 40.0 Å². The van der Waals surface area contributed by atoms with Crippen LogP contribution in [0.4, 0.5) is 9.18 Å². The fourth-order valence-corrected chi connectivity index (χ4v) is 2.12. The highest BCUT2D eigenvalue weighted by Crippen LogP contribution is 2.28. The predicted molar refractivity (Wildman–Crippen MR) is 67.4 cm³/mol. The third-order valence-corrected chi connectivity index (χ3v) is 3.01. The molecule has 3 atom stereocenters. The van der Waals surface area contributed by atoms with Crippen LogP contribution in [0.15, 0.2) is 0 Å². The first-order valence-corrected chi connectivity index (χ1v) is 6.44. The first-order chi connectivity index (χ1) is 8.73. The zero-order chi connectivity index (χ0) is 14.6. The summed E-state index contributed by atoms with van der Waals surface area (Å²) in [5, 5.41) is 2.51. The van der Waals surface area contributed by atoms with Crippen LogP contribution in [0.3, 0.4) is 0 Å². The van der Waals surface area contributed by atoms with Gasteiger partial charge >= 0.3 is 12.1 Å². The van der Waals surface area contributed by atoms with Gasteiger partial charge in [-0.15, -0.1) is 0 Å². The zero-order valence-electron chi connectivity index (χ0n) is 11.9. The minimum absolute atomic E-state index is 0.0765. The third-order valence-electron chi connectivity index (χ3n) is 3.01. The molecule has 0 radical (unpaired) electrons. The van der Waals surface area contributed by atoms with E-state index in [2.05, 4.69) is 10.1 Å². The van der Waals surface area contributed by atoms with E-state index in [-0.39, 0.29) is 6.42 Å². The molecule has 1 rings (SSSR count). The van der Waals surface area contributed by atoms with Gasteiger partial charge in [0.05, 0.1) is 19.1 Å². The highest BCUT2D eigenvalue weighted by molar-refractivity contribution is 5.72. The molecule has 5 nitrogen and oxygen atoms in total. The Morgan fingerprint density at radius 1 is 1.26 bits per heavy atom. The third kappa shape index (κ3) is 5.04. The summed E-state index contributed by atoms with van der Waals surface area (Å²) < 4.78 is 23.6. The number of hydrogen-bond acceptors (Lipinski definition) is 4. The molecule has 0 heterocycles. The Hall–Kier alpha value is -1.33. The highest BCUT2D eigenvalue weighted by atomic mass is 19.1. The van der Waals surface area contributed by atoms with Gasteiger partial charge in [-0.3, -0.25) is 4.79 Å². The van der Waals surface area contributed by atoms with Gasteiger partial charge in [-0.1, -0.05) is 0 Å². The van der Waals surface area contributed by atoms with E-state index in [1.165, 1.54) is 7.11 Å². The fraction of sp³-hybridized carbons (Fsp3) is 0.846. The molecular weight excluding hydrogens is 253 g/mol. The number of carbonyl (C=O) groups is 2. The highest BCUT2D eigenvalue weighted by Gasteiger charge is 2.36. The maximum atomic E-state index is 13.9. The molecule has 0 unspecified atom stereocenters. The molecule has 0 spiro atoms. The number of nitrogens with one attached hydrogen (secondary N) is 1. The monoisotopic (exact) mass is 275 g/mol. The van der Waals surface area contributed by atoms with Gasteiger partial charge in [0.15, 0.2) is 0 Å². The molecule has 19 heavy (non-hydrogen) atoms. The van der Waals surface area contributed by atoms with Crippen molar-refractivity contribution in [3.8, 4) is 0 Å². The van der Waals surface area contributed by atoms with Crippen molar-refractivity contribution >= 4 is 12.1 Å². The summed E-state index contributed by atoms with van der Waals surface area (Å²) in [6.45, 7) is 5.23. The van der Waals surface area contributed by atoms with Gasteiger partial charge < -0.3 is 14.8 Å². The van der Waals surface area contributed by atoms with E-state index in [4.69, 9.17) is 4.74 Å². The van der Waals surface area contributed by atoms with Gasteiger partial charge in [0.1, 0.15) is 11.8 Å². The summed E-state index contributed by atoms with van der Waals surface area (Å²) in [7, 11) is 1.29. The average Bonchev–Trinajstić information content (AvgIpc) is 2.28. The number of hydrogen-bond donors (Lipinski definition) is 1. The van der Waals surface area contributed by atoms with Crippen molar-refractivity contribution in [2.75, 3.05) is 7.11 Å². The molecule has 1 fully saturated rings. The Labute approximate surface area is 112 Å². The summed E-state index contributed by atoms with van der Waals surface area (Å²) in [6, 6.07) is -0.601. The standard InChI is InChI=1S/C13H22FNO4/c1-13(2,3)19-12(17)15-10-6-5-8(7-9(10)14)11(16)18-4/h8-10H,5-7H2,1-4H3,(H,15,17)/t8-,9+,10-/m1/s1. The minimum Gasteiger partial charge on any atom is -0.469 e. The van der Waals surface area contributed by atoms with Crippen LogP contribution >= 0.6 is 0 Å². The molecule has 0 aromatic rings. The number of halogens is 1. The van der Waals surface area contributed by atoms with Crippen molar-refractivity contribution in [3.05, 3.63) is 0 Å². The number of rotatable bonds is 2. The first kappa shape index (κ1) is 15.7. The number of ether oxygens (including phenoxy) is 2. The minimum atomic E-state index is -1.26. The Bertz CT molecular complexity index is 340. The van der Waals surface area contributed by atoms with Crippen LogP contribution in [0.25, 0.3) is 0 Å². The molecule has 1 aliphatic carbocycles. The summed E-state index contributed by atoms with van der Waals surface area (Å²) in [4.78, 5) is 22.9. The van der Waals surface area contributed by atoms with Crippen LogP contribution in [0, 0.1) is 5.92 Å². The van der Waals surface area contributed by atoms with Crippen LogP contribution in [0.2, 0.25) is 0 Å². The predicted octanol–water partition coefficient (Wildman–Crippen LogP) is 2.19. The van der Waals surface area contributed by atoms with Gasteiger partial charge in [0.25, 0.3) is 0 Å². The normalized spacial score (nSPS) is 27.5. The lowest BCUT2D eigenvalue weighted by Gasteiger charge is -2.31. The number of amides is 1. The largest absolute Gasteiger partial charge is 0.469 e. The SMILES string of the molecule is COC(=O)[C@@H]1CC[C@@H](NC(=O)OC(C)(C)C)[C@@H](F)C1.